The summed E-state index contributed by atoms with van der Waals surface area (Å²) in [6, 6.07) is -2.39. The predicted octanol–water partition coefficient (Wildman–Crippen LogP) is 3.14. The van der Waals surface area contributed by atoms with Gasteiger partial charge >= 0.3 is 0 Å². The largest absolute Gasteiger partial charge is 0.379 e. The van der Waals surface area contributed by atoms with Crippen LogP contribution in [0.15, 0.2) is 24.5 Å². The second-order valence-corrected chi connectivity index (χ2v) is 26.1. The molecule has 5 atom stereocenters. The number of imide groups is 1. The van der Waals surface area contributed by atoms with Gasteiger partial charge in [-0.05, 0) is 44.9 Å². The van der Waals surface area contributed by atoms with Gasteiger partial charge in [0.05, 0.1) is 130 Å². The minimum Gasteiger partial charge on any atom is -0.379 e. The third-order valence-corrected chi connectivity index (χ3v) is 15.2. The molecule has 94 heavy (non-hydrogen) atoms. The molecule has 7 amide bonds. The normalized spacial score (nSPS) is 14.2. The third kappa shape index (κ3) is 32.9. The fraction of sp³-hybridized carbons (Fsp3) is 0.738. The van der Waals surface area contributed by atoms with E-state index in [1.807, 2.05) is 27.7 Å². The Balaban J connectivity index is 1.32. The van der Waals surface area contributed by atoms with Crippen molar-refractivity contribution in [3.63, 3.8) is 0 Å². The van der Waals surface area contributed by atoms with Gasteiger partial charge in [-0.2, -0.15) is 0 Å². The maximum absolute atomic E-state index is 13.6. The van der Waals surface area contributed by atoms with Crippen molar-refractivity contribution in [2.75, 3.05) is 85.8 Å². The van der Waals surface area contributed by atoms with Crippen LogP contribution in [0.3, 0.4) is 0 Å². The number of amides is 7. The van der Waals surface area contributed by atoms with E-state index in [-0.39, 0.29) is 163 Å². The molecule has 29 heteroatoms. The maximum atomic E-state index is 13.6. The summed E-state index contributed by atoms with van der Waals surface area (Å²) in [4.78, 5) is 141. The monoisotopic (exact) mass is 1330 g/mol. The van der Waals surface area contributed by atoms with Crippen LogP contribution in [0.1, 0.15) is 159 Å². The van der Waals surface area contributed by atoms with Crippen LogP contribution >= 0.6 is 0 Å². The molecule has 1 aliphatic rings. The van der Waals surface area contributed by atoms with Gasteiger partial charge in [0.15, 0.2) is 11.6 Å². The van der Waals surface area contributed by atoms with E-state index in [1.54, 1.807) is 77.1 Å². The fourth-order valence-corrected chi connectivity index (χ4v) is 9.63. The molecule has 5 N–H and O–H groups in total. The van der Waals surface area contributed by atoms with Gasteiger partial charge in [0.2, 0.25) is 29.5 Å². The van der Waals surface area contributed by atoms with Crippen molar-refractivity contribution in [1.29, 1.82) is 0 Å². The Morgan fingerprint density at radius 2 is 0.862 bits per heavy atom. The summed E-state index contributed by atoms with van der Waals surface area (Å²) in [5.74, 6) is -4.40. The lowest BCUT2D eigenvalue weighted by Crippen LogP contribution is -2.47. The van der Waals surface area contributed by atoms with E-state index in [9.17, 15) is 52.7 Å². The average molecular weight is 1330 g/mol. The Morgan fingerprint density at radius 3 is 1.28 bits per heavy atom. The van der Waals surface area contributed by atoms with Crippen molar-refractivity contribution >= 4 is 64.5 Å². The molecule has 528 valence electrons. The van der Waals surface area contributed by atoms with E-state index in [1.165, 1.54) is 12.2 Å². The number of carbonyl (C=O) groups is 11. The van der Waals surface area contributed by atoms with E-state index in [4.69, 9.17) is 28.4 Å². The van der Waals surface area contributed by atoms with Gasteiger partial charge in [-0.15, -0.1) is 10.2 Å². The first-order valence-corrected chi connectivity index (χ1v) is 32.8. The Bertz CT molecular complexity index is 2750. The standard InChI is InChI=1S/C65H106N12O17/c1-44(2)52(61(86)68-46(5)59(84)64(7,8)9)38-50(78)21-26-89-30-34-93-36-32-91-28-24-75-42-48(71-73-75)40-66-55(80)18-17-54(70-56(81)16-14-13-15-23-77-57(82)19-20-58(77)83)63(88)67-41-49-43-76(74-72-49)25-29-92-33-37-94-35-31-90-27-22-51(79)39-53(45(3)4)62(87)69-47(6)60(85)65(10,11)12/h19-20,42-47,52-54H,13-18,21-41H2,1-12H3,(H,66,80)(H,67,88)(H,68,86)(H,69,87)(H,70,81)/t46-,47-,52-,53-,54-/m0/s1. The van der Waals surface area contributed by atoms with Crippen molar-refractivity contribution in [2.24, 2.45) is 34.5 Å². The number of nitrogens with one attached hydrogen (secondary N) is 5. The van der Waals surface area contributed by atoms with Gasteiger partial charge in [-0.3, -0.25) is 57.6 Å². The van der Waals surface area contributed by atoms with Crippen LogP contribution in [-0.4, -0.2) is 203 Å². The number of hydrogen-bond acceptors (Lipinski definition) is 21. The minimum atomic E-state index is -1.08. The van der Waals surface area contributed by atoms with E-state index >= 15 is 0 Å². The Labute approximate surface area is 553 Å². The molecule has 0 saturated heterocycles. The molecule has 2 aromatic heterocycles. The summed E-state index contributed by atoms with van der Waals surface area (Å²) in [5.41, 5.74) is -0.283. The molecule has 3 rings (SSSR count). The Hall–Kier alpha value is -7.05. The smallest absolute Gasteiger partial charge is 0.253 e. The summed E-state index contributed by atoms with van der Waals surface area (Å²) >= 11 is 0. The first kappa shape index (κ1) is 81.2. The van der Waals surface area contributed by atoms with Crippen molar-refractivity contribution in [3.8, 4) is 0 Å². The number of rotatable bonds is 51. The summed E-state index contributed by atoms with van der Waals surface area (Å²) in [5, 5.41) is 30.3. The third-order valence-electron chi connectivity index (χ3n) is 15.2. The first-order chi connectivity index (χ1) is 44.5. The van der Waals surface area contributed by atoms with Crippen molar-refractivity contribution < 1.29 is 81.2 Å². The molecule has 0 saturated carbocycles. The van der Waals surface area contributed by atoms with Gasteiger partial charge in [0.25, 0.3) is 11.8 Å². The van der Waals surface area contributed by atoms with E-state index < -0.39 is 58.5 Å². The molecule has 0 aliphatic carbocycles. The molecular weight excluding hydrogens is 1220 g/mol. The van der Waals surface area contributed by atoms with Gasteiger partial charge in [-0.1, -0.05) is 86.1 Å². The summed E-state index contributed by atoms with van der Waals surface area (Å²) in [6.07, 6.45) is 7.54. The molecule has 0 fully saturated rings. The highest BCUT2D eigenvalue weighted by atomic mass is 16.5. The van der Waals surface area contributed by atoms with Gasteiger partial charge in [0, 0.05) is 79.9 Å². The van der Waals surface area contributed by atoms with Gasteiger partial charge in [-0.25, -0.2) is 9.36 Å². The van der Waals surface area contributed by atoms with Crippen LogP contribution in [0, 0.1) is 34.5 Å². The number of ether oxygens (including phenoxy) is 6. The molecule has 29 nitrogen and oxygen atoms in total. The quantitative estimate of drug-likeness (QED) is 0.0469. The zero-order valence-corrected chi connectivity index (χ0v) is 57.5. The number of unbranched alkanes of at least 4 members (excludes halogenated alkanes) is 2. The van der Waals surface area contributed by atoms with Crippen LogP contribution in [0.25, 0.3) is 0 Å². The van der Waals surface area contributed by atoms with Crippen LogP contribution in [-0.2, 0) is 107 Å². The number of Topliss-reactive ketones (excluding diaryl/α,β-unsaturated/α-hetero) is 4. The SMILES string of the molecule is CC(C)[C@H](CC(=O)CCOCCOCCOCCn1cc(CNC(=O)CC[C@H](NC(=O)CCCCCN2C(=O)C=CC2=O)C(=O)NCc2cn(CCOCCOCCOCCC(=O)C[C@H](C(=O)N[C@@H](C)C(=O)C(C)(C)C)C(C)C)nn2)nn1)C(=O)N[C@@H](C)C(=O)C(C)(C)C. The van der Waals surface area contributed by atoms with Crippen LogP contribution < -0.4 is 26.6 Å². The minimum absolute atomic E-state index is 0.0209. The van der Waals surface area contributed by atoms with Crippen molar-refractivity contribution in [1.82, 2.24) is 61.5 Å². The second-order valence-electron chi connectivity index (χ2n) is 26.1. The van der Waals surface area contributed by atoms with Crippen molar-refractivity contribution in [2.45, 2.75) is 192 Å². The zero-order chi connectivity index (χ0) is 69.8. The molecule has 1 aliphatic heterocycles. The molecule has 0 radical (unpaired) electrons. The number of carbonyl (C=O) groups excluding carboxylic acids is 11. The fourth-order valence-electron chi connectivity index (χ4n) is 9.63. The lowest BCUT2D eigenvalue weighted by atomic mass is 9.85. The highest BCUT2D eigenvalue weighted by Crippen LogP contribution is 2.22. The molecule has 0 aromatic carbocycles. The van der Waals surface area contributed by atoms with Crippen LogP contribution in [0.5, 0.6) is 0 Å². The first-order valence-electron chi connectivity index (χ1n) is 32.8. The molecule has 0 spiro atoms. The zero-order valence-electron chi connectivity index (χ0n) is 57.5. The predicted molar refractivity (Wildman–Crippen MR) is 343 cm³/mol. The van der Waals surface area contributed by atoms with Crippen LogP contribution in [0.2, 0.25) is 0 Å². The average Bonchev–Trinajstić information content (AvgIpc) is 1.11. The topological polar surface area (TPSA) is 368 Å². The molecular formula is C65H106N12O17. The molecule has 0 bridgehead atoms. The Morgan fingerprint density at radius 1 is 0.457 bits per heavy atom. The van der Waals surface area contributed by atoms with Gasteiger partial charge < -0.3 is 55.0 Å². The lowest BCUT2D eigenvalue weighted by Gasteiger charge is -2.26. The van der Waals surface area contributed by atoms with Crippen LogP contribution in [0.4, 0.5) is 0 Å². The summed E-state index contributed by atoms with van der Waals surface area (Å²) in [7, 11) is 0. The van der Waals surface area contributed by atoms with E-state index in [0.29, 0.717) is 83.4 Å². The molecule has 0 unspecified atom stereocenters. The number of ketones is 4. The highest BCUT2D eigenvalue weighted by molar-refractivity contribution is 6.12. The second kappa shape index (κ2) is 43.1. The number of nitrogens with zero attached hydrogens (tertiary/aromatic N) is 7. The summed E-state index contributed by atoms with van der Waals surface area (Å²) < 4.78 is 36.7. The number of aromatic nitrogens is 6. The highest BCUT2D eigenvalue weighted by Gasteiger charge is 2.34. The van der Waals surface area contributed by atoms with E-state index in [2.05, 4.69) is 47.2 Å². The number of hydrogen-bond donors (Lipinski definition) is 5. The summed E-state index contributed by atoms with van der Waals surface area (Å²) in [6.45, 7) is 25.9. The van der Waals surface area contributed by atoms with Gasteiger partial charge in [0.1, 0.15) is 29.0 Å². The Kier molecular flexibility index (Phi) is 37.2. The van der Waals surface area contributed by atoms with E-state index in [0.717, 1.165) is 4.90 Å². The lowest BCUT2D eigenvalue weighted by molar-refractivity contribution is -0.137. The maximum Gasteiger partial charge on any atom is 0.253 e. The molecule has 2 aromatic rings. The van der Waals surface area contributed by atoms with Crippen molar-refractivity contribution in [3.05, 3.63) is 35.9 Å². The molecule has 3 heterocycles.